The zero-order valence-corrected chi connectivity index (χ0v) is 9.49. The van der Waals surface area contributed by atoms with Crippen LogP contribution in [-0.2, 0) is 4.79 Å². The summed E-state index contributed by atoms with van der Waals surface area (Å²) in [5, 5.41) is 0.185. The van der Waals surface area contributed by atoms with Crippen LogP contribution in [-0.4, -0.2) is 17.9 Å². The van der Waals surface area contributed by atoms with Gasteiger partial charge in [0.15, 0.2) is 0 Å². The molecule has 0 atom stereocenters. The van der Waals surface area contributed by atoms with Crippen LogP contribution in [0, 0.1) is 0 Å². The number of esters is 1. The molecular weight excluding hydrogens is 260 g/mol. The molecular formula is C11H9BrO3. The molecule has 2 rings (SSSR count). The van der Waals surface area contributed by atoms with Crippen molar-refractivity contribution >= 4 is 28.0 Å². The molecule has 1 heterocycles. The van der Waals surface area contributed by atoms with Gasteiger partial charge in [-0.25, -0.2) is 0 Å². The molecule has 0 aliphatic carbocycles. The Morgan fingerprint density at radius 3 is 3.20 bits per heavy atom. The van der Waals surface area contributed by atoms with Gasteiger partial charge in [0.05, 0.1) is 0 Å². The Morgan fingerprint density at radius 2 is 2.40 bits per heavy atom. The summed E-state index contributed by atoms with van der Waals surface area (Å²) in [6.07, 6.45) is 3.92. The molecule has 0 spiro atoms. The first-order valence-corrected chi connectivity index (χ1v) is 5.62. The van der Waals surface area contributed by atoms with Crippen LogP contribution in [0.5, 0.6) is 11.5 Å². The molecule has 3 nitrogen and oxygen atoms in total. The van der Waals surface area contributed by atoms with Crippen LogP contribution < -0.4 is 9.47 Å². The highest BCUT2D eigenvalue weighted by Crippen LogP contribution is 2.28. The van der Waals surface area contributed by atoms with Crippen LogP contribution in [0.3, 0.4) is 0 Å². The fourth-order valence-electron chi connectivity index (χ4n) is 1.31. The predicted molar refractivity (Wildman–Crippen MR) is 60.4 cm³/mol. The van der Waals surface area contributed by atoms with Crippen molar-refractivity contribution in [1.82, 2.24) is 0 Å². The number of halogens is 1. The fourth-order valence-corrected chi connectivity index (χ4v) is 1.43. The molecule has 0 bridgehead atoms. The third-order valence-electron chi connectivity index (χ3n) is 1.96. The van der Waals surface area contributed by atoms with E-state index >= 15 is 0 Å². The lowest BCUT2D eigenvalue weighted by Gasteiger charge is -2.13. The Balaban J connectivity index is 2.21. The lowest BCUT2D eigenvalue weighted by atomic mass is 10.1. The van der Waals surface area contributed by atoms with Crippen LogP contribution in [0.25, 0.3) is 6.08 Å². The van der Waals surface area contributed by atoms with E-state index in [0.717, 1.165) is 11.3 Å². The van der Waals surface area contributed by atoms with Gasteiger partial charge in [0, 0.05) is 11.6 Å². The molecule has 4 heteroatoms. The molecule has 0 N–H and O–H groups in total. The van der Waals surface area contributed by atoms with E-state index in [-0.39, 0.29) is 11.3 Å². The summed E-state index contributed by atoms with van der Waals surface area (Å²) in [7, 11) is 0. The molecule has 0 saturated heterocycles. The van der Waals surface area contributed by atoms with Crippen molar-refractivity contribution in [2.24, 2.45) is 0 Å². The summed E-state index contributed by atoms with van der Waals surface area (Å²) in [4.78, 5) is 11.0. The van der Waals surface area contributed by atoms with Gasteiger partial charge in [-0.3, -0.25) is 4.79 Å². The standard InChI is InChI=1S/C11H9BrO3/c12-7-11(13)15-9-4-3-8-2-1-5-14-10(8)6-9/h1-4,6H,5,7H2. The highest BCUT2D eigenvalue weighted by Gasteiger charge is 2.08. The van der Waals surface area contributed by atoms with E-state index in [0.29, 0.717) is 12.4 Å². The van der Waals surface area contributed by atoms with Crippen molar-refractivity contribution in [2.45, 2.75) is 0 Å². The SMILES string of the molecule is O=C(CBr)Oc1ccc2c(c1)OCC=C2. The summed E-state index contributed by atoms with van der Waals surface area (Å²) < 4.78 is 10.4. The fraction of sp³-hybridized carbons (Fsp3) is 0.182. The van der Waals surface area contributed by atoms with Crippen LogP contribution in [0.2, 0.25) is 0 Å². The average molecular weight is 269 g/mol. The second-order valence-electron chi connectivity index (χ2n) is 3.02. The number of hydrogen-bond acceptors (Lipinski definition) is 3. The molecule has 0 aromatic heterocycles. The van der Waals surface area contributed by atoms with Gasteiger partial charge in [-0.15, -0.1) is 0 Å². The van der Waals surface area contributed by atoms with Gasteiger partial charge in [-0.2, -0.15) is 0 Å². The molecule has 1 aromatic carbocycles. The maximum Gasteiger partial charge on any atom is 0.321 e. The monoisotopic (exact) mass is 268 g/mol. The van der Waals surface area contributed by atoms with Crippen molar-refractivity contribution < 1.29 is 14.3 Å². The normalized spacial score (nSPS) is 12.9. The maximum atomic E-state index is 11.0. The largest absolute Gasteiger partial charge is 0.489 e. The van der Waals surface area contributed by atoms with Gasteiger partial charge >= 0.3 is 5.97 Å². The summed E-state index contributed by atoms with van der Waals surface area (Å²) in [6.45, 7) is 0.558. The third kappa shape index (κ3) is 2.39. The van der Waals surface area contributed by atoms with Crippen LogP contribution >= 0.6 is 15.9 Å². The summed E-state index contributed by atoms with van der Waals surface area (Å²) in [5.41, 5.74) is 1.000. The van der Waals surface area contributed by atoms with Crippen molar-refractivity contribution in [3.8, 4) is 11.5 Å². The van der Waals surface area contributed by atoms with Crippen LogP contribution in [0.4, 0.5) is 0 Å². The first-order valence-electron chi connectivity index (χ1n) is 4.49. The number of alkyl halides is 1. The molecule has 1 aliphatic heterocycles. The van der Waals surface area contributed by atoms with Gasteiger partial charge in [0.25, 0.3) is 0 Å². The van der Waals surface area contributed by atoms with E-state index in [9.17, 15) is 4.79 Å². The highest BCUT2D eigenvalue weighted by atomic mass is 79.9. The number of carbonyl (C=O) groups is 1. The Labute approximate surface area is 95.8 Å². The minimum absolute atomic E-state index is 0.185. The average Bonchev–Trinajstić information content (AvgIpc) is 2.29. The number of ether oxygens (including phenoxy) is 2. The van der Waals surface area contributed by atoms with Crippen molar-refractivity contribution in [3.63, 3.8) is 0 Å². The molecule has 15 heavy (non-hydrogen) atoms. The molecule has 1 aromatic rings. The third-order valence-corrected chi connectivity index (χ3v) is 2.42. The van der Waals surface area contributed by atoms with Crippen molar-refractivity contribution in [2.75, 3.05) is 11.9 Å². The smallest absolute Gasteiger partial charge is 0.321 e. The van der Waals surface area contributed by atoms with E-state index in [4.69, 9.17) is 9.47 Å². The van der Waals surface area contributed by atoms with E-state index in [2.05, 4.69) is 15.9 Å². The van der Waals surface area contributed by atoms with E-state index in [1.54, 1.807) is 12.1 Å². The number of carbonyl (C=O) groups excluding carboxylic acids is 1. The Kier molecular flexibility index (Phi) is 3.06. The number of hydrogen-bond donors (Lipinski definition) is 0. The molecule has 0 fully saturated rings. The predicted octanol–water partition coefficient (Wildman–Crippen LogP) is 2.39. The topological polar surface area (TPSA) is 35.5 Å². The number of rotatable bonds is 2. The van der Waals surface area contributed by atoms with E-state index in [1.807, 2.05) is 18.2 Å². The molecule has 0 amide bonds. The molecule has 78 valence electrons. The first kappa shape index (κ1) is 10.2. The summed E-state index contributed by atoms with van der Waals surface area (Å²) in [6, 6.07) is 5.33. The lowest BCUT2D eigenvalue weighted by molar-refractivity contribution is -0.131. The minimum Gasteiger partial charge on any atom is -0.489 e. The van der Waals surface area contributed by atoms with Crippen LogP contribution in [0.1, 0.15) is 5.56 Å². The van der Waals surface area contributed by atoms with Crippen LogP contribution in [0.15, 0.2) is 24.3 Å². The highest BCUT2D eigenvalue weighted by molar-refractivity contribution is 9.09. The van der Waals surface area contributed by atoms with Gasteiger partial charge in [-0.05, 0) is 18.2 Å². The molecule has 0 saturated carbocycles. The number of fused-ring (bicyclic) bond motifs is 1. The Bertz CT molecular complexity index is 412. The van der Waals surface area contributed by atoms with E-state index < -0.39 is 0 Å². The van der Waals surface area contributed by atoms with Gasteiger partial charge in [0.1, 0.15) is 23.4 Å². The second kappa shape index (κ2) is 4.49. The lowest BCUT2D eigenvalue weighted by Crippen LogP contribution is -2.09. The molecule has 1 aliphatic rings. The quantitative estimate of drug-likeness (QED) is 0.470. The Hall–Kier alpha value is -1.29. The first-order chi connectivity index (χ1) is 7.29. The zero-order valence-electron chi connectivity index (χ0n) is 7.90. The molecule has 0 unspecified atom stereocenters. The zero-order chi connectivity index (χ0) is 10.7. The van der Waals surface area contributed by atoms with Crippen molar-refractivity contribution in [3.05, 3.63) is 29.8 Å². The van der Waals surface area contributed by atoms with Gasteiger partial charge < -0.3 is 9.47 Å². The van der Waals surface area contributed by atoms with Gasteiger partial charge in [-0.1, -0.05) is 22.0 Å². The maximum absolute atomic E-state index is 11.0. The summed E-state index contributed by atoms with van der Waals surface area (Å²) >= 11 is 3.03. The second-order valence-corrected chi connectivity index (χ2v) is 3.58. The summed E-state index contributed by atoms with van der Waals surface area (Å²) in [5.74, 6) is 0.937. The molecule has 0 radical (unpaired) electrons. The van der Waals surface area contributed by atoms with E-state index in [1.165, 1.54) is 0 Å². The van der Waals surface area contributed by atoms with Crippen molar-refractivity contribution in [1.29, 1.82) is 0 Å². The number of benzene rings is 1. The minimum atomic E-state index is -0.318. The Morgan fingerprint density at radius 1 is 1.53 bits per heavy atom. The van der Waals surface area contributed by atoms with Gasteiger partial charge in [0.2, 0.25) is 0 Å².